The van der Waals surface area contributed by atoms with E-state index in [1.165, 1.54) is 17.7 Å². The van der Waals surface area contributed by atoms with Crippen molar-refractivity contribution in [1.29, 1.82) is 0 Å². The fraction of sp³-hybridized carbons (Fsp3) is 0.375. The van der Waals surface area contributed by atoms with Crippen LogP contribution in [-0.2, 0) is 12.8 Å². The Balaban J connectivity index is 1.87. The third-order valence-electron chi connectivity index (χ3n) is 3.83. The lowest BCUT2D eigenvalue weighted by molar-refractivity contribution is 0.434. The number of hydrogen-bond donors (Lipinski definition) is 1. The van der Waals surface area contributed by atoms with Gasteiger partial charge in [-0.1, -0.05) is 23.7 Å². The Morgan fingerprint density at radius 3 is 3.10 bits per heavy atom. The van der Waals surface area contributed by atoms with Crippen LogP contribution in [0, 0.1) is 5.92 Å². The molecule has 1 N–H and O–H groups in total. The van der Waals surface area contributed by atoms with Crippen LogP contribution in [0.4, 0.5) is 0 Å². The first kappa shape index (κ1) is 13.5. The summed E-state index contributed by atoms with van der Waals surface area (Å²) in [6.45, 7) is 1.06. The van der Waals surface area contributed by atoms with Crippen molar-refractivity contribution in [2.45, 2.75) is 19.3 Å². The van der Waals surface area contributed by atoms with E-state index >= 15 is 0 Å². The molecule has 0 saturated heterocycles. The van der Waals surface area contributed by atoms with Crippen LogP contribution >= 0.6 is 11.6 Å². The molecule has 1 atom stereocenters. The zero-order chi connectivity index (χ0) is 13.9. The molecule has 0 spiro atoms. The Bertz CT molecular complexity index is 612. The van der Waals surface area contributed by atoms with Crippen molar-refractivity contribution < 1.29 is 0 Å². The maximum Gasteiger partial charge on any atom is 0.159 e. The van der Waals surface area contributed by atoms with Crippen LogP contribution < -0.4 is 5.32 Å². The van der Waals surface area contributed by atoms with Crippen LogP contribution in [0.5, 0.6) is 0 Å². The maximum atomic E-state index is 6.03. The van der Waals surface area contributed by atoms with Crippen molar-refractivity contribution in [2.24, 2.45) is 5.92 Å². The van der Waals surface area contributed by atoms with Crippen molar-refractivity contribution in [3.63, 3.8) is 0 Å². The van der Waals surface area contributed by atoms with Crippen molar-refractivity contribution in [3.05, 3.63) is 46.7 Å². The number of nitrogens with zero attached hydrogens (tertiary/aromatic N) is 2. The van der Waals surface area contributed by atoms with Crippen molar-refractivity contribution in [3.8, 4) is 11.4 Å². The minimum atomic E-state index is 0.702. The molecule has 104 valence electrons. The molecule has 0 radical (unpaired) electrons. The normalized spacial score (nSPS) is 17.8. The van der Waals surface area contributed by atoms with E-state index in [0.29, 0.717) is 5.92 Å². The van der Waals surface area contributed by atoms with E-state index in [1.807, 2.05) is 37.5 Å². The third kappa shape index (κ3) is 2.84. The molecule has 4 heteroatoms. The van der Waals surface area contributed by atoms with Crippen LogP contribution in [0.2, 0.25) is 5.02 Å². The number of nitrogens with one attached hydrogen (secondary N) is 1. The standard InChI is InChI=1S/C16H18ClN3/c1-18-9-11-5-6-15-13(7-11)10-19-16(20-15)12-3-2-4-14(17)8-12/h2-4,8,10-11,18H,5-7,9H2,1H3. The van der Waals surface area contributed by atoms with Crippen molar-refractivity contribution >= 4 is 11.6 Å². The second kappa shape index (κ2) is 5.90. The highest BCUT2D eigenvalue weighted by Gasteiger charge is 2.20. The highest BCUT2D eigenvalue weighted by Crippen LogP contribution is 2.26. The Hall–Kier alpha value is -1.45. The number of aryl methyl sites for hydroxylation is 1. The van der Waals surface area contributed by atoms with Gasteiger partial charge in [-0.15, -0.1) is 0 Å². The summed E-state index contributed by atoms with van der Waals surface area (Å²) in [6, 6.07) is 7.71. The molecule has 1 aliphatic rings. The van der Waals surface area contributed by atoms with Crippen LogP contribution in [0.1, 0.15) is 17.7 Å². The van der Waals surface area contributed by atoms with Crippen LogP contribution in [0.3, 0.4) is 0 Å². The number of fused-ring (bicyclic) bond motifs is 1. The summed E-state index contributed by atoms with van der Waals surface area (Å²) in [5.41, 5.74) is 3.47. The molecule has 3 nitrogen and oxygen atoms in total. The SMILES string of the molecule is CNCC1CCc2nc(-c3cccc(Cl)c3)ncc2C1. The summed E-state index contributed by atoms with van der Waals surface area (Å²) in [7, 11) is 2.01. The van der Waals surface area contributed by atoms with Crippen LogP contribution in [0.15, 0.2) is 30.5 Å². The van der Waals surface area contributed by atoms with Gasteiger partial charge in [0.1, 0.15) is 0 Å². The van der Waals surface area contributed by atoms with E-state index < -0.39 is 0 Å². The minimum absolute atomic E-state index is 0.702. The molecule has 0 aliphatic heterocycles. The Morgan fingerprint density at radius 1 is 1.40 bits per heavy atom. The predicted octanol–water partition coefficient (Wildman–Crippen LogP) is 3.12. The third-order valence-corrected chi connectivity index (χ3v) is 4.06. The number of hydrogen-bond acceptors (Lipinski definition) is 3. The lowest BCUT2D eigenvalue weighted by Gasteiger charge is -2.23. The summed E-state index contributed by atoms with van der Waals surface area (Å²) >= 11 is 6.03. The van der Waals surface area contributed by atoms with Gasteiger partial charge in [-0.25, -0.2) is 9.97 Å². The molecule has 3 rings (SSSR count). The molecule has 2 aromatic rings. The summed E-state index contributed by atoms with van der Waals surface area (Å²) in [6.07, 6.45) is 5.30. The molecule has 1 aliphatic carbocycles. The van der Waals surface area contributed by atoms with Crippen LogP contribution in [0.25, 0.3) is 11.4 Å². The van der Waals surface area contributed by atoms with Gasteiger partial charge in [0.15, 0.2) is 5.82 Å². The van der Waals surface area contributed by atoms with E-state index in [4.69, 9.17) is 16.6 Å². The average Bonchev–Trinajstić information content (AvgIpc) is 2.47. The molecular formula is C16H18ClN3. The lowest BCUT2D eigenvalue weighted by atomic mass is 9.87. The topological polar surface area (TPSA) is 37.8 Å². The second-order valence-electron chi connectivity index (χ2n) is 5.34. The summed E-state index contributed by atoms with van der Waals surface area (Å²) in [5.74, 6) is 1.48. The number of halogens is 1. The average molecular weight is 288 g/mol. The second-order valence-corrected chi connectivity index (χ2v) is 5.78. The molecule has 0 bridgehead atoms. The van der Waals surface area contributed by atoms with E-state index in [2.05, 4.69) is 10.3 Å². The summed E-state index contributed by atoms with van der Waals surface area (Å²) < 4.78 is 0. The summed E-state index contributed by atoms with van der Waals surface area (Å²) in [4.78, 5) is 9.24. The van der Waals surface area contributed by atoms with Gasteiger partial charge in [-0.05, 0) is 56.5 Å². The fourth-order valence-corrected chi connectivity index (χ4v) is 3.00. The molecule has 0 fully saturated rings. The zero-order valence-corrected chi connectivity index (χ0v) is 12.3. The predicted molar refractivity (Wildman–Crippen MR) is 81.9 cm³/mol. The monoisotopic (exact) mass is 287 g/mol. The van der Waals surface area contributed by atoms with E-state index in [9.17, 15) is 0 Å². The number of benzene rings is 1. The molecule has 1 aromatic heterocycles. The van der Waals surface area contributed by atoms with Crippen molar-refractivity contribution in [1.82, 2.24) is 15.3 Å². The quantitative estimate of drug-likeness (QED) is 0.942. The molecule has 1 aromatic carbocycles. The first-order valence-electron chi connectivity index (χ1n) is 7.01. The number of aromatic nitrogens is 2. The lowest BCUT2D eigenvalue weighted by Crippen LogP contribution is -2.25. The Kier molecular flexibility index (Phi) is 3.99. The smallest absolute Gasteiger partial charge is 0.159 e. The minimum Gasteiger partial charge on any atom is -0.319 e. The van der Waals surface area contributed by atoms with Gasteiger partial charge in [0.2, 0.25) is 0 Å². The highest BCUT2D eigenvalue weighted by molar-refractivity contribution is 6.30. The van der Waals surface area contributed by atoms with Gasteiger partial charge in [-0.2, -0.15) is 0 Å². The van der Waals surface area contributed by atoms with Gasteiger partial charge in [0.05, 0.1) is 0 Å². The van der Waals surface area contributed by atoms with Gasteiger partial charge in [0, 0.05) is 22.5 Å². The number of rotatable bonds is 3. The van der Waals surface area contributed by atoms with Crippen LogP contribution in [-0.4, -0.2) is 23.6 Å². The van der Waals surface area contributed by atoms with E-state index in [-0.39, 0.29) is 0 Å². The Morgan fingerprint density at radius 2 is 2.30 bits per heavy atom. The fourth-order valence-electron chi connectivity index (χ4n) is 2.81. The highest BCUT2D eigenvalue weighted by atomic mass is 35.5. The van der Waals surface area contributed by atoms with Gasteiger partial charge in [-0.3, -0.25) is 0 Å². The van der Waals surface area contributed by atoms with Gasteiger partial charge < -0.3 is 5.32 Å². The van der Waals surface area contributed by atoms with Gasteiger partial charge >= 0.3 is 0 Å². The van der Waals surface area contributed by atoms with Gasteiger partial charge in [0.25, 0.3) is 0 Å². The molecule has 1 heterocycles. The molecular weight excluding hydrogens is 270 g/mol. The summed E-state index contributed by atoms with van der Waals surface area (Å²) in [5, 5.41) is 3.98. The first-order valence-corrected chi connectivity index (χ1v) is 7.39. The van der Waals surface area contributed by atoms with E-state index in [1.54, 1.807) is 0 Å². The maximum absolute atomic E-state index is 6.03. The molecule has 0 amide bonds. The zero-order valence-electron chi connectivity index (χ0n) is 11.6. The molecule has 20 heavy (non-hydrogen) atoms. The van der Waals surface area contributed by atoms with Crippen molar-refractivity contribution in [2.75, 3.05) is 13.6 Å². The molecule has 0 saturated carbocycles. The molecule has 1 unspecified atom stereocenters. The largest absolute Gasteiger partial charge is 0.319 e. The van der Waals surface area contributed by atoms with E-state index in [0.717, 1.165) is 35.8 Å². The Labute approximate surface area is 124 Å². The first-order chi connectivity index (χ1) is 9.76.